The zero-order valence-electron chi connectivity index (χ0n) is 9.53. The normalized spacial score (nSPS) is 13.6. The second-order valence-electron chi connectivity index (χ2n) is 4.28. The molecule has 1 heterocycles. The zero-order valence-corrected chi connectivity index (χ0v) is 10.4. The monoisotopic (exact) mass is 213 g/mol. The first-order chi connectivity index (χ1) is 6.50. The van der Waals surface area contributed by atoms with E-state index in [1.807, 2.05) is 0 Å². The summed E-state index contributed by atoms with van der Waals surface area (Å²) >= 11 is 1.65. The standard InChI is InChI=1S/C10H19N3S/c1-6(2)8(5)11-10-13-12-9(14-10)7(3)4/h6-8H,1-5H3,(H,11,13). The topological polar surface area (TPSA) is 37.8 Å². The van der Waals surface area contributed by atoms with Crippen molar-refractivity contribution in [3.8, 4) is 0 Å². The van der Waals surface area contributed by atoms with Crippen molar-refractivity contribution in [2.24, 2.45) is 5.92 Å². The summed E-state index contributed by atoms with van der Waals surface area (Å²) in [5, 5.41) is 13.7. The van der Waals surface area contributed by atoms with E-state index >= 15 is 0 Å². The highest BCUT2D eigenvalue weighted by atomic mass is 32.1. The van der Waals surface area contributed by atoms with E-state index in [4.69, 9.17) is 0 Å². The molecule has 3 nitrogen and oxygen atoms in total. The Labute approximate surface area is 89.9 Å². The molecule has 1 atom stereocenters. The molecule has 0 aliphatic rings. The SMILES string of the molecule is CC(C)c1nnc(NC(C)C(C)C)s1. The van der Waals surface area contributed by atoms with Crippen molar-refractivity contribution in [1.29, 1.82) is 0 Å². The second kappa shape index (κ2) is 4.73. The minimum Gasteiger partial charge on any atom is -0.357 e. The Hall–Kier alpha value is -0.640. The number of nitrogens with one attached hydrogen (secondary N) is 1. The van der Waals surface area contributed by atoms with Crippen LogP contribution in [0.2, 0.25) is 0 Å². The highest BCUT2D eigenvalue weighted by Crippen LogP contribution is 2.23. The molecule has 0 spiro atoms. The third kappa shape index (κ3) is 2.94. The van der Waals surface area contributed by atoms with Crippen molar-refractivity contribution in [2.75, 3.05) is 5.32 Å². The van der Waals surface area contributed by atoms with Gasteiger partial charge in [0.25, 0.3) is 0 Å². The fraction of sp³-hybridized carbons (Fsp3) is 0.800. The third-order valence-electron chi connectivity index (χ3n) is 2.29. The van der Waals surface area contributed by atoms with E-state index in [0.29, 0.717) is 17.9 Å². The van der Waals surface area contributed by atoms with Crippen LogP contribution in [0.5, 0.6) is 0 Å². The Morgan fingerprint density at radius 1 is 1.07 bits per heavy atom. The van der Waals surface area contributed by atoms with Gasteiger partial charge in [-0.2, -0.15) is 0 Å². The molecule has 0 bridgehead atoms. The van der Waals surface area contributed by atoms with E-state index < -0.39 is 0 Å². The van der Waals surface area contributed by atoms with Gasteiger partial charge < -0.3 is 5.32 Å². The summed E-state index contributed by atoms with van der Waals surface area (Å²) in [4.78, 5) is 0. The molecule has 0 saturated carbocycles. The molecule has 0 radical (unpaired) electrons. The lowest BCUT2D eigenvalue weighted by Crippen LogP contribution is -2.21. The predicted octanol–water partition coefficient (Wildman–Crippen LogP) is 3.12. The minimum atomic E-state index is 0.447. The maximum atomic E-state index is 4.13. The predicted molar refractivity (Wildman–Crippen MR) is 61.9 cm³/mol. The van der Waals surface area contributed by atoms with Gasteiger partial charge in [0.2, 0.25) is 5.13 Å². The van der Waals surface area contributed by atoms with Crippen molar-refractivity contribution in [3.05, 3.63) is 5.01 Å². The van der Waals surface area contributed by atoms with Crippen LogP contribution < -0.4 is 5.32 Å². The third-order valence-corrected chi connectivity index (χ3v) is 3.44. The molecule has 1 aromatic heterocycles. The van der Waals surface area contributed by atoms with Crippen LogP contribution in [-0.4, -0.2) is 16.2 Å². The minimum absolute atomic E-state index is 0.447. The summed E-state index contributed by atoms with van der Waals surface area (Å²) in [6.45, 7) is 10.8. The Kier molecular flexibility index (Phi) is 3.86. The molecule has 0 aliphatic heterocycles. The van der Waals surface area contributed by atoms with Gasteiger partial charge in [-0.1, -0.05) is 39.0 Å². The lowest BCUT2D eigenvalue weighted by molar-refractivity contribution is 0.559. The first-order valence-corrected chi connectivity index (χ1v) is 5.92. The van der Waals surface area contributed by atoms with E-state index in [-0.39, 0.29) is 0 Å². The number of nitrogens with zero attached hydrogens (tertiary/aromatic N) is 2. The van der Waals surface area contributed by atoms with E-state index in [1.54, 1.807) is 11.3 Å². The lowest BCUT2D eigenvalue weighted by Gasteiger charge is -2.15. The number of hydrogen-bond donors (Lipinski definition) is 1. The molecule has 4 heteroatoms. The van der Waals surface area contributed by atoms with Gasteiger partial charge in [-0.15, -0.1) is 10.2 Å². The molecule has 0 amide bonds. The van der Waals surface area contributed by atoms with Crippen LogP contribution in [0.25, 0.3) is 0 Å². The molecular formula is C10H19N3S. The van der Waals surface area contributed by atoms with E-state index in [0.717, 1.165) is 10.1 Å². The van der Waals surface area contributed by atoms with Crippen LogP contribution in [0.3, 0.4) is 0 Å². The van der Waals surface area contributed by atoms with E-state index in [1.165, 1.54) is 0 Å². The van der Waals surface area contributed by atoms with E-state index in [2.05, 4.69) is 50.1 Å². The van der Waals surface area contributed by atoms with Gasteiger partial charge in [0.05, 0.1) is 0 Å². The molecule has 1 N–H and O–H groups in total. The fourth-order valence-electron chi connectivity index (χ4n) is 0.888. The molecule has 1 rings (SSSR count). The van der Waals surface area contributed by atoms with Gasteiger partial charge in [-0.3, -0.25) is 0 Å². The van der Waals surface area contributed by atoms with Crippen LogP contribution >= 0.6 is 11.3 Å². The van der Waals surface area contributed by atoms with Crippen LogP contribution in [0, 0.1) is 5.92 Å². The van der Waals surface area contributed by atoms with Crippen molar-refractivity contribution < 1.29 is 0 Å². The average Bonchev–Trinajstić information content (AvgIpc) is 2.52. The van der Waals surface area contributed by atoms with Crippen LogP contribution in [0.1, 0.15) is 45.5 Å². The lowest BCUT2D eigenvalue weighted by atomic mass is 10.1. The molecular weight excluding hydrogens is 194 g/mol. The van der Waals surface area contributed by atoms with Gasteiger partial charge in [0.1, 0.15) is 5.01 Å². The fourth-order valence-corrected chi connectivity index (χ4v) is 1.73. The Morgan fingerprint density at radius 3 is 2.14 bits per heavy atom. The van der Waals surface area contributed by atoms with Crippen LogP contribution in [-0.2, 0) is 0 Å². The van der Waals surface area contributed by atoms with Gasteiger partial charge in [-0.25, -0.2) is 0 Å². The molecule has 0 fully saturated rings. The molecule has 80 valence electrons. The van der Waals surface area contributed by atoms with Gasteiger partial charge in [-0.05, 0) is 12.8 Å². The Bertz CT molecular complexity index is 281. The smallest absolute Gasteiger partial charge is 0.205 e. The van der Waals surface area contributed by atoms with Crippen molar-refractivity contribution in [3.63, 3.8) is 0 Å². The van der Waals surface area contributed by atoms with Crippen molar-refractivity contribution >= 4 is 16.5 Å². The Balaban J connectivity index is 2.60. The number of rotatable bonds is 4. The molecule has 1 unspecified atom stereocenters. The quantitative estimate of drug-likeness (QED) is 0.835. The van der Waals surface area contributed by atoms with Gasteiger partial charge in [0.15, 0.2) is 0 Å². The summed E-state index contributed by atoms with van der Waals surface area (Å²) < 4.78 is 0. The summed E-state index contributed by atoms with van der Waals surface area (Å²) in [5.74, 6) is 1.08. The summed E-state index contributed by atoms with van der Waals surface area (Å²) in [6.07, 6.45) is 0. The largest absolute Gasteiger partial charge is 0.357 e. The molecule has 0 saturated heterocycles. The first-order valence-electron chi connectivity index (χ1n) is 5.10. The molecule has 0 aromatic carbocycles. The van der Waals surface area contributed by atoms with Crippen molar-refractivity contribution in [1.82, 2.24) is 10.2 Å². The highest BCUT2D eigenvalue weighted by Gasteiger charge is 2.11. The average molecular weight is 213 g/mol. The summed E-state index contributed by atoms with van der Waals surface area (Å²) in [5.41, 5.74) is 0. The number of aromatic nitrogens is 2. The van der Waals surface area contributed by atoms with E-state index in [9.17, 15) is 0 Å². The van der Waals surface area contributed by atoms with Gasteiger partial charge >= 0.3 is 0 Å². The van der Waals surface area contributed by atoms with Crippen LogP contribution in [0.15, 0.2) is 0 Å². The zero-order chi connectivity index (χ0) is 10.7. The summed E-state index contributed by atoms with van der Waals surface area (Å²) in [7, 11) is 0. The summed E-state index contributed by atoms with van der Waals surface area (Å²) in [6, 6.07) is 0.447. The highest BCUT2D eigenvalue weighted by molar-refractivity contribution is 7.15. The second-order valence-corrected chi connectivity index (χ2v) is 5.29. The number of anilines is 1. The number of hydrogen-bond acceptors (Lipinski definition) is 4. The molecule has 1 aromatic rings. The molecule has 0 aliphatic carbocycles. The molecule has 14 heavy (non-hydrogen) atoms. The maximum absolute atomic E-state index is 4.13. The Morgan fingerprint density at radius 2 is 1.71 bits per heavy atom. The van der Waals surface area contributed by atoms with Crippen LogP contribution in [0.4, 0.5) is 5.13 Å². The maximum Gasteiger partial charge on any atom is 0.205 e. The van der Waals surface area contributed by atoms with Crippen molar-refractivity contribution in [2.45, 2.75) is 46.6 Å². The van der Waals surface area contributed by atoms with Gasteiger partial charge in [0, 0.05) is 12.0 Å². The first kappa shape index (κ1) is 11.4.